The third-order valence-electron chi connectivity index (χ3n) is 4.84. The van der Waals surface area contributed by atoms with E-state index in [9.17, 15) is 18.4 Å². The molecule has 1 aliphatic heterocycles. The SMILES string of the molecule is O=C(Nc1ccc(F)cc1F)c1cc(C(=O)N2CCc3ccccc3C2)ccn1. The monoisotopic (exact) mass is 393 g/mol. The maximum absolute atomic E-state index is 13.8. The minimum atomic E-state index is -0.891. The van der Waals surface area contributed by atoms with E-state index in [1.54, 1.807) is 4.90 Å². The summed E-state index contributed by atoms with van der Waals surface area (Å²) in [6.45, 7) is 1.08. The van der Waals surface area contributed by atoms with Crippen LogP contribution in [0.25, 0.3) is 0 Å². The summed E-state index contributed by atoms with van der Waals surface area (Å²) in [7, 11) is 0. The number of nitrogens with zero attached hydrogens (tertiary/aromatic N) is 2. The molecule has 0 atom stereocenters. The fourth-order valence-electron chi connectivity index (χ4n) is 3.32. The second kappa shape index (κ2) is 7.79. The number of aromatic nitrogens is 1. The Bertz CT molecular complexity index is 1100. The number of rotatable bonds is 3. The van der Waals surface area contributed by atoms with Crippen molar-refractivity contribution in [3.63, 3.8) is 0 Å². The van der Waals surface area contributed by atoms with E-state index in [0.717, 1.165) is 24.1 Å². The molecule has 4 rings (SSSR count). The molecule has 0 saturated heterocycles. The Kier molecular flexibility index (Phi) is 5.03. The zero-order chi connectivity index (χ0) is 20.4. The first-order chi connectivity index (χ1) is 14.0. The molecule has 0 radical (unpaired) electrons. The van der Waals surface area contributed by atoms with E-state index < -0.39 is 17.5 Å². The first kappa shape index (κ1) is 18.7. The van der Waals surface area contributed by atoms with E-state index in [0.29, 0.717) is 24.7 Å². The zero-order valence-electron chi connectivity index (χ0n) is 15.4. The molecule has 0 spiro atoms. The van der Waals surface area contributed by atoms with Crippen molar-refractivity contribution in [2.24, 2.45) is 0 Å². The van der Waals surface area contributed by atoms with Crippen LogP contribution in [0, 0.1) is 11.6 Å². The van der Waals surface area contributed by atoms with E-state index in [4.69, 9.17) is 0 Å². The van der Waals surface area contributed by atoms with Gasteiger partial charge in [-0.05, 0) is 41.8 Å². The number of amides is 2. The van der Waals surface area contributed by atoms with Crippen LogP contribution in [0.3, 0.4) is 0 Å². The molecule has 1 aliphatic rings. The van der Waals surface area contributed by atoms with Gasteiger partial charge in [-0.15, -0.1) is 0 Å². The molecule has 2 heterocycles. The van der Waals surface area contributed by atoms with Crippen molar-refractivity contribution in [1.29, 1.82) is 0 Å². The van der Waals surface area contributed by atoms with Crippen molar-refractivity contribution < 1.29 is 18.4 Å². The molecule has 0 fully saturated rings. The lowest BCUT2D eigenvalue weighted by Crippen LogP contribution is -2.36. The number of anilines is 1. The quantitative estimate of drug-likeness (QED) is 0.736. The molecule has 1 N–H and O–H groups in total. The number of fused-ring (bicyclic) bond motifs is 1. The highest BCUT2D eigenvalue weighted by atomic mass is 19.1. The third kappa shape index (κ3) is 3.99. The second-order valence-electron chi connectivity index (χ2n) is 6.75. The first-order valence-corrected chi connectivity index (χ1v) is 9.10. The van der Waals surface area contributed by atoms with Crippen molar-refractivity contribution in [1.82, 2.24) is 9.88 Å². The Balaban J connectivity index is 1.51. The van der Waals surface area contributed by atoms with Gasteiger partial charge in [-0.25, -0.2) is 8.78 Å². The molecule has 7 heteroatoms. The topological polar surface area (TPSA) is 62.3 Å². The van der Waals surface area contributed by atoms with Crippen LogP contribution in [-0.4, -0.2) is 28.2 Å². The number of carbonyl (C=O) groups is 2. The summed E-state index contributed by atoms with van der Waals surface area (Å²) in [5.74, 6) is -2.52. The van der Waals surface area contributed by atoms with Crippen molar-refractivity contribution >= 4 is 17.5 Å². The van der Waals surface area contributed by atoms with E-state index >= 15 is 0 Å². The number of benzene rings is 2. The molecule has 0 bridgehead atoms. The molecule has 5 nitrogen and oxygen atoms in total. The van der Waals surface area contributed by atoms with Crippen molar-refractivity contribution in [3.8, 4) is 0 Å². The number of carbonyl (C=O) groups excluding carboxylic acids is 2. The van der Waals surface area contributed by atoms with Crippen LogP contribution in [0.5, 0.6) is 0 Å². The van der Waals surface area contributed by atoms with Crippen LogP contribution in [-0.2, 0) is 13.0 Å². The largest absolute Gasteiger partial charge is 0.334 e. The smallest absolute Gasteiger partial charge is 0.274 e. The van der Waals surface area contributed by atoms with Gasteiger partial charge in [-0.2, -0.15) is 0 Å². The van der Waals surface area contributed by atoms with Gasteiger partial charge >= 0.3 is 0 Å². The molecule has 0 unspecified atom stereocenters. The molecule has 0 aliphatic carbocycles. The molecular weight excluding hydrogens is 376 g/mol. The number of pyridine rings is 1. The first-order valence-electron chi connectivity index (χ1n) is 9.10. The molecular formula is C22H17F2N3O2. The summed E-state index contributed by atoms with van der Waals surface area (Å²) >= 11 is 0. The molecule has 29 heavy (non-hydrogen) atoms. The summed E-state index contributed by atoms with van der Waals surface area (Å²) in [4.78, 5) is 31.0. The summed E-state index contributed by atoms with van der Waals surface area (Å²) in [5, 5.41) is 2.34. The lowest BCUT2D eigenvalue weighted by molar-refractivity contribution is 0.0734. The van der Waals surface area contributed by atoms with Gasteiger partial charge < -0.3 is 10.2 Å². The highest BCUT2D eigenvalue weighted by molar-refractivity contribution is 6.04. The third-order valence-corrected chi connectivity index (χ3v) is 4.84. The van der Waals surface area contributed by atoms with Gasteiger partial charge in [0.05, 0.1) is 5.69 Å². The summed E-state index contributed by atoms with van der Waals surface area (Å²) in [6, 6.07) is 13.7. The Morgan fingerprint density at radius 2 is 1.79 bits per heavy atom. The maximum Gasteiger partial charge on any atom is 0.274 e. The molecule has 1 aromatic heterocycles. The van der Waals surface area contributed by atoms with E-state index in [1.165, 1.54) is 23.9 Å². The van der Waals surface area contributed by atoms with Crippen molar-refractivity contribution in [2.75, 3.05) is 11.9 Å². The van der Waals surface area contributed by atoms with Gasteiger partial charge in [-0.3, -0.25) is 14.6 Å². The Morgan fingerprint density at radius 1 is 1.00 bits per heavy atom. The van der Waals surface area contributed by atoms with Gasteiger partial charge in [0.1, 0.15) is 17.3 Å². The molecule has 2 amide bonds. The van der Waals surface area contributed by atoms with Gasteiger partial charge in [-0.1, -0.05) is 24.3 Å². The van der Waals surface area contributed by atoms with Crippen molar-refractivity contribution in [2.45, 2.75) is 13.0 Å². The molecule has 146 valence electrons. The fourth-order valence-corrected chi connectivity index (χ4v) is 3.32. The van der Waals surface area contributed by atoms with E-state index in [1.807, 2.05) is 18.2 Å². The lowest BCUT2D eigenvalue weighted by Gasteiger charge is -2.29. The molecule has 2 aromatic carbocycles. The Hall–Kier alpha value is -3.61. The molecule has 3 aromatic rings. The number of nitrogens with one attached hydrogen (secondary N) is 1. The van der Waals surface area contributed by atoms with Crippen LogP contribution >= 0.6 is 0 Å². The Labute approximate surface area is 166 Å². The maximum atomic E-state index is 13.8. The van der Waals surface area contributed by atoms with Gasteiger partial charge in [0.25, 0.3) is 11.8 Å². The Morgan fingerprint density at radius 3 is 2.59 bits per heavy atom. The van der Waals surface area contributed by atoms with Gasteiger partial charge in [0.15, 0.2) is 0 Å². The van der Waals surface area contributed by atoms with Crippen LogP contribution in [0.2, 0.25) is 0 Å². The highest BCUT2D eigenvalue weighted by Crippen LogP contribution is 2.21. The highest BCUT2D eigenvalue weighted by Gasteiger charge is 2.22. The van der Waals surface area contributed by atoms with E-state index in [-0.39, 0.29) is 17.3 Å². The summed E-state index contributed by atoms with van der Waals surface area (Å²) in [6.07, 6.45) is 2.13. The van der Waals surface area contributed by atoms with E-state index in [2.05, 4.69) is 16.4 Å². The van der Waals surface area contributed by atoms with Gasteiger partial charge in [0.2, 0.25) is 0 Å². The van der Waals surface area contributed by atoms with Gasteiger partial charge in [0, 0.05) is 30.9 Å². The van der Waals surface area contributed by atoms with Crippen LogP contribution in [0.1, 0.15) is 32.0 Å². The standard InChI is InChI=1S/C22H17F2N3O2/c23-17-5-6-19(18(24)12-17)26-21(28)20-11-15(7-9-25-20)22(29)27-10-8-14-3-1-2-4-16(14)13-27/h1-7,9,11-12H,8,10,13H2,(H,26,28). The second-order valence-corrected chi connectivity index (χ2v) is 6.75. The predicted molar refractivity (Wildman–Crippen MR) is 103 cm³/mol. The summed E-state index contributed by atoms with van der Waals surface area (Å²) in [5.41, 5.74) is 2.46. The number of hydrogen-bond acceptors (Lipinski definition) is 3. The number of halogens is 2. The fraction of sp³-hybridized carbons (Fsp3) is 0.136. The zero-order valence-corrected chi connectivity index (χ0v) is 15.4. The minimum Gasteiger partial charge on any atom is -0.334 e. The average Bonchev–Trinajstić information content (AvgIpc) is 2.75. The van der Waals surface area contributed by atoms with Crippen molar-refractivity contribution in [3.05, 3.63) is 94.8 Å². The number of hydrogen-bond donors (Lipinski definition) is 1. The minimum absolute atomic E-state index is 0.0306. The summed E-state index contributed by atoms with van der Waals surface area (Å²) < 4.78 is 26.8. The van der Waals surface area contributed by atoms with Crippen LogP contribution in [0.4, 0.5) is 14.5 Å². The lowest BCUT2D eigenvalue weighted by atomic mass is 9.99. The predicted octanol–water partition coefficient (Wildman–Crippen LogP) is 3.81. The van der Waals surface area contributed by atoms with Crippen LogP contribution in [0.15, 0.2) is 60.8 Å². The van der Waals surface area contributed by atoms with Crippen LogP contribution < -0.4 is 5.32 Å². The average molecular weight is 393 g/mol. The molecule has 0 saturated carbocycles. The normalized spacial score (nSPS) is 13.0.